The molecule has 8 heteroatoms. The van der Waals surface area contributed by atoms with Crippen molar-refractivity contribution in [1.29, 1.82) is 0 Å². The molecule has 0 aliphatic carbocycles. The molecule has 0 radical (unpaired) electrons. The predicted octanol–water partition coefficient (Wildman–Crippen LogP) is 2.63. The molecule has 0 aliphatic rings. The lowest BCUT2D eigenvalue weighted by atomic mass is 10.2. The Bertz CT molecular complexity index is 687. The Labute approximate surface area is 131 Å². The largest absolute Gasteiger partial charge is 0.319 e. The Kier molecular flexibility index (Phi) is 5.10. The molecule has 1 N–H and O–H groups in total. The molecule has 0 unspecified atom stereocenters. The zero-order chi connectivity index (χ0) is 16.3. The summed E-state index contributed by atoms with van der Waals surface area (Å²) in [6.45, 7) is 1.46. The normalized spacial score (nSPS) is 11.0. The molecular formula is C14H15ClF2N4O. The highest BCUT2D eigenvalue weighted by molar-refractivity contribution is 6.34. The second-order valence-corrected chi connectivity index (χ2v) is 5.40. The number of amides is 1. The second-order valence-electron chi connectivity index (χ2n) is 5.00. The van der Waals surface area contributed by atoms with Crippen molar-refractivity contribution in [3.63, 3.8) is 0 Å². The van der Waals surface area contributed by atoms with Gasteiger partial charge >= 0.3 is 0 Å². The van der Waals surface area contributed by atoms with E-state index in [1.54, 1.807) is 10.9 Å². The lowest BCUT2D eigenvalue weighted by Crippen LogP contribution is -2.18. The van der Waals surface area contributed by atoms with Crippen LogP contribution in [0.1, 0.15) is 10.4 Å². The van der Waals surface area contributed by atoms with Crippen molar-refractivity contribution in [3.05, 3.63) is 46.7 Å². The highest BCUT2D eigenvalue weighted by Gasteiger charge is 2.15. The summed E-state index contributed by atoms with van der Waals surface area (Å²) < 4.78 is 27.9. The standard InChI is InChI=1S/C14H15ClF2N4O/c1-20(2)3-4-21-8-9(7-18-21)19-14(22)10-5-12(16)13(17)6-11(10)15/h5-8H,3-4H2,1-2H3,(H,19,22). The number of hydrogen-bond acceptors (Lipinski definition) is 3. The molecule has 1 amide bonds. The van der Waals surface area contributed by atoms with Gasteiger partial charge in [-0.3, -0.25) is 9.48 Å². The molecule has 0 spiro atoms. The molecule has 1 aromatic heterocycles. The fraction of sp³-hybridized carbons (Fsp3) is 0.286. The summed E-state index contributed by atoms with van der Waals surface area (Å²) in [5.41, 5.74) is 0.311. The number of rotatable bonds is 5. The number of halogens is 3. The van der Waals surface area contributed by atoms with Gasteiger partial charge in [0.25, 0.3) is 5.91 Å². The number of aromatic nitrogens is 2. The minimum atomic E-state index is -1.13. The van der Waals surface area contributed by atoms with E-state index in [-0.39, 0.29) is 10.6 Å². The van der Waals surface area contributed by atoms with Gasteiger partial charge in [-0.15, -0.1) is 0 Å². The first-order valence-corrected chi connectivity index (χ1v) is 6.87. The maximum absolute atomic E-state index is 13.2. The summed E-state index contributed by atoms with van der Waals surface area (Å²) in [5.74, 6) is -2.86. The molecule has 0 fully saturated rings. The van der Waals surface area contributed by atoms with E-state index in [4.69, 9.17) is 11.6 Å². The van der Waals surface area contributed by atoms with Crippen LogP contribution in [0, 0.1) is 11.6 Å². The fourth-order valence-corrected chi connectivity index (χ4v) is 1.98. The zero-order valence-electron chi connectivity index (χ0n) is 12.1. The third-order valence-electron chi connectivity index (χ3n) is 2.92. The average Bonchev–Trinajstić information content (AvgIpc) is 2.88. The van der Waals surface area contributed by atoms with E-state index in [1.165, 1.54) is 6.20 Å². The first kappa shape index (κ1) is 16.4. The van der Waals surface area contributed by atoms with Gasteiger partial charge in [0.15, 0.2) is 11.6 Å². The molecule has 22 heavy (non-hydrogen) atoms. The van der Waals surface area contributed by atoms with Gasteiger partial charge in [-0.1, -0.05) is 11.6 Å². The van der Waals surface area contributed by atoms with E-state index >= 15 is 0 Å². The van der Waals surface area contributed by atoms with Crippen LogP contribution in [0.2, 0.25) is 5.02 Å². The van der Waals surface area contributed by atoms with Crippen LogP contribution in [0.15, 0.2) is 24.5 Å². The van der Waals surface area contributed by atoms with E-state index in [0.717, 1.165) is 18.7 Å². The van der Waals surface area contributed by atoms with Gasteiger partial charge in [0.2, 0.25) is 0 Å². The Morgan fingerprint density at radius 3 is 2.73 bits per heavy atom. The van der Waals surface area contributed by atoms with Crippen molar-refractivity contribution < 1.29 is 13.6 Å². The molecule has 0 atom stereocenters. The zero-order valence-corrected chi connectivity index (χ0v) is 12.9. The molecule has 2 rings (SSSR count). The average molecular weight is 329 g/mol. The molecule has 1 aromatic carbocycles. The fourth-order valence-electron chi connectivity index (χ4n) is 1.75. The van der Waals surface area contributed by atoms with Crippen molar-refractivity contribution in [2.75, 3.05) is 26.0 Å². The van der Waals surface area contributed by atoms with E-state index in [9.17, 15) is 13.6 Å². The molecule has 0 bridgehead atoms. The minimum absolute atomic E-state index is 0.137. The smallest absolute Gasteiger partial charge is 0.257 e. The van der Waals surface area contributed by atoms with Gasteiger partial charge in [0, 0.05) is 12.7 Å². The van der Waals surface area contributed by atoms with Crippen molar-refractivity contribution >= 4 is 23.2 Å². The number of nitrogens with zero attached hydrogens (tertiary/aromatic N) is 3. The van der Waals surface area contributed by atoms with E-state index in [1.807, 2.05) is 19.0 Å². The number of anilines is 1. The monoisotopic (exact) mass is 328 g/mol. The van der Waals surface area contributed by atoms with Gasteiger partial charge in [0.05, 0.1) is 29.0 Å². The third kappa shape index (κ3) is 4.02. The van der Waals surface area contributed by atoms with Crippen molar-refractivity contribution in [2.45, 2.75) is 6.54 Å². The highest BCUT2D eigenvalue weighted by atomic mass is 35.5. The molecule has 1 heterocycles. The molecule has 0 saturated heterocycles. The van der Waals surface area contributed by atoms with Crippen molar-refractivity contribution in [3.8, 4) is 0 Å². The Hall–Kier alpha value is -1.99. The molecule has 2 aromatic rings. The molecule has 5 nitrogen and oxygen atoms in total. The molecule has 0 saturated carbocycles. The summed E-state index contributed by atoms with van der Waals surface area (Å²) in [5, 5.41) is 6.49. The first-order valence-electron chi connectivity index (χ1n) is 6.50. The summed E-state index contributed by atoms with van der Waals surface area (Å²) in [6, 6.07) is 1.54. The third-order valence-corrected chi connectivity index (χ3v) is 3.23. The number of likely N-dealkylation sites (N-methyl/N-ethyl adjacent to an activating group) is 1. The Balaban J connectivity index is 2.08. The van der Waals surface area contributed by atoms with Crippen LogP contribution in [0.4, 0.5) is 14.5 Å². The summed E-state index contributed by atoms with van der Waals surface area (Å²) >= 11 is 5.76. The maximum Gasteiger partial charge on any atom is 0.257 e. The van der Waals surface area contributed by atoms with Gasteiger partial charge in [-0.05, 0) is 26.2 Å². The minimum Gasteiger partial charge on any atom is -0.319 e. The number of carbonyl (C=O) groups is 1. The van der Waals surface area contributed by atoms with Crippen LogP contribution in [0.3, 0.4) is 0 Å². The number of hydrogen-bond donors (Lipinski definition) is 1. The summed E-state index contributed by atoms with van der Waals surface area (Å²) in [4.78, 5) is 14.0. The molecule has 118 valence electrons. The Morgan fingerprint density at radius 1 is 1.36 bits per heavy atom. The lowest BCUT2D eigenvalue weighted by Gasteiger charge is -2.08. The van der Waals surface area contributed by atoms with Crippen LogP contribution in [0.5, 0.6) is 0 Å². The highest BCUT2D eigenvalue weighted by Crippen LogP contribution is 2.21. The van der Waals surface area contributed by atoms with Crippen LogP contribution in [-0.4, -0.2) is 41.2 Å². The van der Waals surface area contributed by atoms with Crippen molar-refractivity contribution in [1.82, 2.24) is 14.7 Å². The number of carbonyl (C=O) groups excluding carboxylic acids is 1. The maximum atomic E-state index is 13.2. The van der Waals surface area contributed by atoms with Gasteiger partial charge in [-0.25, -0.2) is 8.78 Å². The number of nitrogens with one attached hydrogen (secondary N) is 1. The van der Waals surface area contributed by atoms with Crippen LogP contribution >= 0.6 is 11.6 Å². The summed E-state index contributed by atoms with van der Waals surface area (Å²) in [7, 11) is 3.88. The van der Waals surface area contributed by atoms with Gasteiger partial charge in [-0.2, -0.15) is 5.10 Å². The molecule has 0 aliphatic heterocycles. The van der Waals surface area contributed by atoms with Gasteiger partial charge in [0.1, 0.15) is 0 Å². The van der Waals surface area contributed by atoms with Crippen LogP contribution < -0.4 is 5.32 Å². The van der Waals surface area contributed by atoms with Crippen LogP contribution in [0.25, 0.3) is 0 Å². The second kappa shape index (κ2) is 6.85. The van der Waals surface area contributed by atoms with E-state index in [2.05, 4.69) is 10.4 Å². The first-order chi connectivity index (χ1) is 10.4. The van der Waals surface area contributed by atoms with E-state index < -0.39 is 17.5 Å². The van der Waals surface area contributed by atoms with E-state index in [0.29, 0.717) is 12.2 Å². The van der Waals surface area contributed by atoms with Crippen LogP contribution in [-0.2, 0) is 6.54 Å². The predicted molar refractivity (Wildman–Crippen MR) is 80.1 cm³/mol. The SMILES string of the molecule is CN(C)CCn1cc(NC(=O)c2cc(F)c(F)cc2Cl)cn1. The summed E-state index contributed by atoms with van der Waals surface area (Å²) in [6.07, 6.45) is 3.12. The van der Waals surface area contributed by atoms with Gasteiger partial charge < -0.3 is 10.2 Å². The Morgan fingerprint density at radius 2 is 2.05 bits per heavy atom. The number of benzene rings is 1. The topological polar surface area (TPSA) is 50.2 Å². The quantitative estimate of drug-likeness (QED) is 0.858. The lowest BCUT2D eigenvalue weighted by molar-refractivity contribution is 0.102. The van der Waals surface area contributed by atoms with Crippen molar-refractivity contribution in [2.24, 2.45) is 0 Å². The molecular weight excluding hydrogens is 314 g/mol.